The number of ether oxygens (including phenoxy) is 2. The van der Waals surface area contributed by atoms with Crippen molar-refractivity contribution < 1.29 is 38.6 Å². The first-order valence-corrected chi connectivity index (χ1v) is 7.42. The van der Waals surface area contributed by atoms with Crippen LogP contribution in [0, 0.1) is 0 Å². The zero-order valence-corrected chi connectivity index (χ0v) is 11.8. The van der Waals surface area contributed by atoms with Crippen LogP contribution in [0.3, 0.4) is 0 Å². The number of hydrogen-bond donors (Lipinski definition) is 5. The van der Waals surface area contributed by atoms with Crippen molar-refractivity contribution in [2.75, 3.05) is 12.3 Å². The van der Waals surface area contributed by atoms with Crippen LogP contribution in [0.15, 0.2) is 17.1 Å². The van der Waals surface area contributed by atoms with Gasteiger partial charge in [0.05, 0.1) is 6.61 Å². The van der Waals surface area contributed by atoms with Gasteiger partial charge in [0.1, 0.15) is 11.9 Å². The highest BCUT2D eigenvalue weighted by Gasteiger charge is 2.39. The molecule has 124 valence electrons. The quantitative estimate of drug-likeness (QED) is 0.364. The number of aromatic nitrogens is 2. The summed E-state index contributed by atoms with van der Waals surface area (Å²) in [4.78, 5) is 32.4. The lowest BCUT2D eigenvalue weighted by Crippen LogP contribution is -2.50. The minimum atomic E-state index is -4.79. The minimum Gasteiger partial charge on any atom is -0.383 e. The lowest BCUT2D eigenvalue weighted by Gasteiger charge is -2.37. The fourth-order valence-electron chi connectivity index (χ4n) is 1.73. The van der Waals surface area contributed by atoms with Crippen LogP contribution in [0.4, 0.5) is 5.82 Å². The summed E-state index contributed by atoms with van der Waals surface area (Å²) in [6.07, 6.45) is -5.01. The van der Waals surface area contributed by atoms with Crippen molar-refractivity contribution in [1.29, 1.82) is 0 Å². The van der Waals surface area contributed by atoms with E-state index >= 15 is 0 Å². The second-order valence-electron chi connectivity index (χ2n) is 4.31. The zero-order chi connectivity index (χ0) is 16.5. The molecule has 13 heteroatoms. The van der Waals surface area contributed by atoms with Gasteiger partial charge in [-0.2, -0.15) is 4.98 Å². The smallest absolute Gasteiger partial charge is 0.383 e. The molecule has 22 heavy (non-hydrogen) atoms. The summed E-state index contributed by atoms with van der Waals surface area (Å²) in [6, 6.07) is 1.27. The van der Waals surface area contributed by atoms with E-state index in [9.17, 15) is 19.6 Å². The van der Waals surface area contributed by atoms with E-state index in [2.05, 4.69) is 9.51 Å². The van der Waals surface area contributed by atoms with Gasteiger partial charge in [0.2, 0.25) is 6.29 Å². The molecule has 1 fully saturated rings. The SMILES string of the molecule is Nc1ccn([C@H]2O[C@@H](COP(=O)(O)O)[C@@H](O)O[C@H]2O)c(=O)n1. The Kier molecular flexibility index (Phi) is 4.94. The van der Waals surface area contributed by atoms with Gasteiger partial charge in [0, 0.05) is 6.20 Å². The summed E-state index contributed by atoms with van der Waals surface area (Å²) < 4.78 is 25.7. The Labute approximate surface area is 122 Å². The summed E-state index contributed by atoms with van der Waals surface area (Å²) in [5, 5.41) is 19.3. The highest BCUT2D eigenvalue weighted by molar-refractivity contribution is 7.46. The van der Waals surface area contributed by atoms with Crippen LogP contribution < -0.4 is 11.4 Å². The maximum Gasteiger partial charge on any atom is 0.469 e. The number of hydrogen-bond acceptors (Lipinski definition) is 9. The highest BCUT2D eigenvalue weighted by Crippen LogP contribution is 2.37. The number of aliphatic hydroxyl groups excluding tert-OH is 2. The van der Waals surface area contributed by atoms with Gasteiger partial charge >= 0.3 is 13.5 Å². The Hall–Kier alpha value is -1.37. The number of nitrogen functional groups attached to an aromatic ring is 1. The third-order valence-electron chi connectivity index (χ3n) is 2.69. The number of anilines is 1. The molecule has 0 amide bonds. The third-order valence-corrected chi connectivity index (χ3v) is 3.17. The van der Waals surface area contributed by atoms with E-state index in [-0.39, 0.29) is 5.82 Å². The molecule has 1 aromatic rings. The van der Waals surface area contributed by atoms with E-state index in [4.69, 9.17) is 25.0 Å². The van der Waals surface area contributed by atoms with E-state index in [0.717, 1.165) is 4.57 Å². The fourth-order valence-corrected chi connectivity index (χ4v) is 2.07. The summed E-state index contributed by atoms with van der Waals surface area (Å²) >= 11 is 0. The van der Waals surface area contributed by atoms with E-state index in [0.29, 0.717) is 0 Å². The number of nitrogens with two attached hydrogens (primary N) is 1. The van der Waals surface area contributed by atoms with Gasteiger partial charge < -0.3 is 35.2 Å². The average Bonchev–Trinajstić information content (AvgIpc) is 2.38. The molecular weight excluding hydrogens is 325 g/mol. The second-order valence-corrected chi connectivity index (χ2v) is 5.55. The van der Waals surface area contributed by atoms with Crippen molar-refractivity contribution in [3.8, 4) is 0 Å². The van der Waals surface area contributed by atoms with Crippen molar-refractivity contribution >= 4 is 13.6 Å². The van der Waals surface area contributed by atoms with Gasteiger partial charge in [-0.05, 0) is 6.07 Å². The second kappa shape index (κ2) is 6.40. The molecule has 0 saturated carbocycles. The Morgan fingerprint density at radius 1 is 1.36 bits per heavy atom. The standard InChI is InChI=1S/C9H14N3O9P/c10-5-1-2-12(9(15)11-5)6-8(14)21-7(13)4(20-6)3-19-22(16,17)18/h1-2,4,6-8,13-14H,3H2,(H2,10,11,15)(H2,16,17,18)/t4-,6-,7-,8+/m0/s1. The summed E-state index contributed by atoms with van der Waals surface area (Å²) in [6.45, 7) is -0.730. The van der Waals surface area contributed by atoms with E-state index in [1.165, 1.54) is 12.3 Å². The van der Waals surface area contributed by atoms with Crippen molar-refractivity contribution in [1.82, 2.24) is 9.55 Å². The third kappa shape index (κ3) is 4.09. The molecular formula is C9H14N3O9P. The lowest BCUT2D eigenvalue weighted by molar-refractivity contribution is -0.355. The van der Waals surface area contributed by atoms with Gasteiger partial charge in [-0.1, -0.05) is 0 Å². The summed E-state index contributed by atoms with van der Waals surface area (Å²) in [7, 11) is -4.79. The van der Waals surface area contributed by atoms with Crippen LogP contribution in [-0.2, 0) is 18.6 Å². The number of phosphoric ester groups is 1. The highest BCUT2D eigenvalue weighted by atomic mass is 31.2. The van der Waals surface area contributed by atoms with Crippen molar-refractivity contribution in [3.63, 3.8) is 0 Å². The Morgan fingerprint density at radius 2 is 2.05 bits per heavy atom. The molecule has 2 rings (SSSR count). The monoisotopic (exact) mass is 339 g/mol. The molecule has 0 spiro atoms. The fraction of sp³-hybridized carbons (Fsp3) is 0.556. The van der Waals surface area contributed by atoms with Crippen LogP contribution in [0.1, 0.15) is 6.23 Å². The van der Waals surface area contributed by atoms with E-state index in [1.807, 2.05) is 0 Å². The molecule has 2 heterocycles. The maximum absolute atomic E-state index is 11.7. The number of nitrogens with zero attached hydrogens (tertiary/aromatic N) is 2. The van der Waals surface area contributed by atoms with Gasteiger partial charge in [0.25, 0.3) is 0 Å². The van der Waals surface area contributed by atoms with Crippen LogP contribution in [0.2, 0.25) is 0 Å². The maximum atomic E-state index is 11.7. The van der Waals surface area contributed by atoms with E-state index < -0.39 is 45.0 Å². The molecule has 6 N–H and O–H groups in total. The largest absolute Gasteiger partial charge is 0.469 e. The molecule has 0 aliphatic carbocycles. The van der Waals surface area contributed by atoms with Gasteiger partial charge in [-0.3, -0.25) is 9.09 Å². The van der Waals surface area contributed by atoms with Crippen LogP contribution in [-0.4, -0.2) is 54.8 Å². The molecule has 0 unspecified atom stereocenters. The predicted octanol–water partition coefficient (Wildman–Crippen LogP) is -2.51. The molecule has 0 aromatic carbocycles. The molecule has 4 atom stereocenters. The first-order chi connectivity index (χ1) is 10.2. The van der Waals surface area contributed by atoms with Crippen molar-refractivity contribution in [3.05, 3.63) is 22.7 Å². The normalized spacial score (nSPS) is 29.5. The van der Waals surface area contributed by atoms with Gasteiger partial charge in [-0.15, -0.1) is 0 Å². The zero-order valence-electron chi connectivity index (χ0n) is 10.9. The van der Waals surface area contributed by atoms with Crippen LogP contribution in [0.25, 0.3) is 0 Å². The summed E-state index contributed by atoms with van der Waals surface area (Å²) in [5.41, 5.74) is 4.48. The molecule has 1 aromatic heterocycles. The summed E-state index contributed by atoms with van der Waals surface area (Å²) in [5.74, 6) is -0.0473. The average molecular weight is 339 g/mol. The van der Waals surface area contributed by atoms with Gasteiger partial charge in [-0.25, -0.2) is 9.36 Å². The number of phosphoric acid groups is 1. The Bertz CT molecular complexity index is 631. The minimum absolute atomic E-state index is 0.0473. The van der Waals surface area contributed by atoms with Crippen LogP contribution in [0.5, 0.6) is 0 Å². The van der Waals surface area contributed by atoms with Gasteiger partial charge in [0.15, 0.2) is 12.5 Å². The Morgan fingerprint density at radius 3 is 2.64 bits per heavy atom. The predicted molar refractivity (Wildman–Crippen MR) is 67.9 cm³/mol. The molecule has 1 aliphatic heterocycles. The Balaban J connectivity index is 2.17. The van der Waals surface area contributed by atoms with Crippen LogP contribution >= 0.6 is 7.82 Å². The van der Waals surface area contributed by atoms with E-state index in [1.54, 1.807) is 0 Å². The topological polar surface area (TPSA) is 187 Å². The number of aliphatic hydroxyl groups is 2. The first-order valence-electron chi connectivity index (χ1n) is 5.89. The molecule has 0 radical (unpaired) electrons. The molecule has 12 nitrogen and oxygen atoms in total. The number of rotatable bonds is 4. The lowest BCUT2D eigenvalue weighted by atomic mass is 10.3. The molecule has 1 aliphatic rings. The first kappa shape index (κ1) is 17.0. The van der Waals surface area contributed by atoms with Crippen molar-refractivity contribution in [2.24, 2.45) is 0 Å². The van der Waals surface area contributed by atoms with Crippen molar-refractivity contribution in [2.45, 2.75) is 24.9 Å². The molecule has 1 saturated heterocycles. The molecule has 0 bridgehead atoms.